The van der Waals surface area contributed by atoms with E-state index in [1.54, 1.807) is 12.1 Å². The molecule has 3 rings (SSSR count). The summed E-state index contributed by atoms with van der Waals surface area (Å²) in [6.07, 6.45) is 0.951. The van der Waals surface area contributed by atoms with E-state index in [0.717, 1.165) is 19.3 Å². The molecule has 2 atom stereocenters. The van der Waals surface area contributed by atoms with Crippen LogP contribution in [0.4, 0.5) is 18.9 Å². The van der Waals surface area contributed by atoms with Crippen molar-refractivity contribution in [3.8, 4) is 0 Å². The molecule has 1 aliphatic carbocycles. The first-order valence-electron chi connectivity index (χ1n) is 10.5. The summed E-state index contributed by atoms with van der Waals surface area (Å²) in [7, 11) is 0. The molecule has 2 fully saturated rings. The zero-order valence-electron chi connectivity index (χ0n) is 18.0. The second kappa shape index (κ2) is 12.4. The number of alkyl halides is 3. The minimum absolute atomic E-state index is 0. The van der Waals surface area contributed by atoms with Crippen LogP contribution in [0.5, 0.6) is 0 Å². The molecule has 1 saturated carbocycles. The largest absolute Gasteiger partial charge is 0.416 e. The lowest BCUT2D eigenvalue weighted by Gasteiger charge is -2.29. The molecule has 0 aromatic heterocycles. The van der Waals surface area contributed by atoms with Crippen LogP contribution >= 0.6 is 35.7 Å². The lowest BCUT2D eigenvalue weighted by molar-refractivity contribution is -0.138. The number of aliphatic imine (C=N–C) groups is 1. The summed E-state index contributed by atoms with van der Waals surface area (Å²) >= 11 is 1.87. The predicted octanol–water partition coefficient (Wildman–Crippen LogP) is 4.50. The van der Waals surface area contributed by atoms with Crippen LogP contribution in [0.1, 0.15) is 37.3 Å². The van der Waals surface area contributed by atoms with Gasteiger partial charge < -0.3 is 20.3 Å². The molecular weight excluding hydrogens is 540 g/mol. The highest BCUT2D eigenvalue weighted by molar-refractivity contribution is 14.0. The number of hydrogen-bond acceptors (Lipinski definition) is 4. The normalized spacial score (nSPS) is 22.2. The Morgan fingerprint density at radius 3 is 2.61 bits per heavy atom. The maximum Gasteiger partial charge on any atom is 0.416 e. The number of thioether (sulfide) groups is 1. The Morgan fingerprint density at radius 1 is 1.26 bits per heavy atom. The molecule has 2 aliphatic rings. The fourth-order valence-corrected chi connectivity index (χ4v) is 4.74. The molecule has 1 aliphatic heterocycles. The van der Waals surface area contributed by atoms with E-state index >= 15 is 0 Å². The number of guanidine groups is 1. The number of ether oxygens (including phenoxy) is 1. The van der Waals surface area contributed by atoms with Gasteiger partial charge in [-0.3, -0.25) is 0 Å². The summed E-state index contributed by atoms with van der Waals surface area (Å²) in [6, 6.07) is 4.87. The van der Waals surface area contributed by atoms with E-state index in [1.165, 1.54) is 6.07 Å². The van der Waals surface area contributed by atoms with Gasteiger partial charge >= 0.3 is 6.18 Å². The van der Waals surface area contributed by atoms with E-state index < -0.39 is 11.7 Å². The minimum atomic E-state index is -4.42. The third-order valence-corrected chi connectivity index (χ3v) is 6.68. The number of rotatable bonds is 6. The maximum absolute atomic E-state index is 13.8. The number of hydrogen-bond donors (Lipinski definition) is 2. The fraction of sp³-hybridized carbons (Fsp3) is 0.667. The van der Waals surface area contributed by atoms with Gasteiger partial charge in [-0.15, -0.1) is 24.0 Å². The summed E-state index contributed by atoms with van der Waals surface area (Å²) in [5.41, 5.74) is 0.150. The molecule has 2 N–H and O–H groups in total. The van der Waals surface area contributed by atoms with Gasteiger partial charge in [0.25, 0.3) is 0 Å². The monoisotopic (exact) mass is 572 g/mol. The summed E-state index contributed by atoms with van der Waals surface area (Å²) in [5.74, 6) is 0.578. The molecule has 0 spiro atoms. The van der Waals surface area contributed by atoms with Crippen molar-refractivity contribution in [3.05, 3.63) is 29.3 Å². The number of nitrogens with one attached hydrogen (secondary N) is 2. The van der Waals surface area contributed by atoms with Crippen molar-refractivity contribution in [2.75, 3.05) is 44.0 Å². The quantitative estimate of drug-likeness (QED) is 0.299. The Bertz CT molecular complexity index is 729. The summed E-state index contributed by atoms with van der Waals surface area (Å²) in [6.45, 7) is 4.85. The Balaban J connectivity index is 0.00000341. The van der Waals surface area contributed by atoms with Crippen LogP contribution in [0, 0.1) is 0 Å². The zero-order valence-corrected chi connectivity index (χ0v) is 21.2. The second-order valence-corrected chi connectivity index (χ2v) is 8.78. The highest BCUT2D eigenvalue weighted by atomic mass is 127. The molecule has 0 amide bonds. The number of benzene rings is 1. The zero-order chi connectivity index (χ0) is 21.6. The van der Waals surface area contributed by atoms with Crippen LogP contribution in [-0.4, -0.2) is 56.4 Å². The van der Waals surface area contributed by atoms with Crippen LogP contribution in [0.25, 0.3) is 0 Å². The molecule has 0 bridgehead atoms. The topological polar surface area (TPSA) is 48.9 Å². The molecule has 31 heavy (non-hydrogen) atoms. The van der Waals surface area contributed by atoms with Gasteiger partial charge in [-0.05, 0) is 50.1 Å². The van der Waals surface area contributed by atoms with Gasteiger partial charge in [0.15, 0.2) is 5.96 Å². The molecule has 1 heterocycles. The van der Waals surface area contributed by atoms with Gasteiger partial charge in [0, 0.05) is 36.6 Å². The third-order valence-electron chi connectivity index (χ3n) is 5.59. The standard InChI is InChI=1S/C21H31F3N4OS.HI/c1-3-25-20(27-16-5-7-18(12-16)30-2)26-14-15-4-6-17(13-19(15)21(22,23)24)28-8-10-29-11-9-28;/h4,6,13,16,18H,3,5,7-12,14H2,1-2H3,(H2,25,26,27);1H. The van der Waals surface area contributed by atoms with Gasteiger partial charge in [-0.2, -0.15) is 24.9 Å². The van der Waals surface area contributed by atoms with Gasteiger partial charge in [0.05, 0.1) is 25.3 Å². The first kappa shape index (κ1) is 26.4. The van der Waals surface area contributed by atoms with Crippen molar-refractivity contribution < 1.29 is 17.9 Å². The van der Waals surface area contributed by atoms with Crippen molar-refractivity contribution >= 4 is 47.4 Å². The van der Waals surface area contributed by atoms with Crippen molar-refractivity contribution in [2.24, 2.45) is 4.99 Å². The maximum atomic E-state index is 13.8. The average Bonchev–Trinajstić information content (AvgIpc) is 3.19. The lowest BCUT2D eigenvalue weighted by Crippen LogP contribution is -2.42. The predicted molar refractivity (Wildman–Crippen MR) is 133 cm³/mol. The van der Waals surface area contributed by atoms with Crippen molar-refractivity contribution in [1.29, 1.82) is 0 Å². The molecule has 1 aromatic carbocycles. The fourth-order valence-electron chi connectivity index (χ4n) is 3.95. The van der Waals surface area contributed by atoms with Gasteiger partial charge in [0.2, 0.25) is 0 Å². The average molecular weight is 572 g/mol. The number of morpholine rings is 1. The number of nitrogens with zero attached hydrogens (tertiary/aromatic N) is 2. The Kier molecular flexibility index (Phi) is 10.5. The Labute approximate surface area is 204 Å². The third kappa shape index (κ3) is 7.59. The Hall–Kier alpha value is -0.880. The van der Waals surface area contributed by atoms with E-state index in [0.29, 0.717) is 55.8 Å². The van der Waals surface area contributed by atoms with Crippen molar-refractivity contribution in [3.63, 3.8) is 0 Å². The highest BCUT2D eigenvalue weighted by Gasteiger charge is 2.34. The first-order chi connectivity index (χ1) is 14.4. The van der Waals surface area contributed by atoms with Crippen LogP contribution in [-0.2, 0) is 17.5 Å². The second-order valence-electron chi connectivity index (χ2n) is 7.65. The molecule has 10 heteroatoms. The molecule has 1 aromatic rings. The Morgan fingerprint density at radius 2 is 2.00 bits per heavy atom. The van der Waals surface area contributed by atoms with Crippen LogP contribution in [0.2, 0.25) is 0 Å². The molecule has 2 unspecified atom stereocenters. The molecule has 176 valence electrons. The van der Waals surface area contributed by atoms with E-state index in [-0.39, 0.29) is 36.1 Å². The van der Waals surface area contributed by atoms with Gasteiger partial charge in [0.1, 0.15) is 0 Å². The van der Waals surface area contributed by atoms with Crippen molar-refractivity contribution in [2.45, 2.75) is 50.2 Å². The molecule has 0 radical (unpaired) electrons. The number of anilines is 1. The highest BCUT2D eigenvalue weighted by Crippen LogP contribution is 2.35. The lowest BCUT2D eigenvalue weighted by atomic mass is 10.1. The van der Waals surface area contributed by atoms with E-state index in [1.807, 2.05) is 23.6 Å². The molecular formula is C21H32F3IN4OS. The number of halogens is 4. The van der Waals surface area contributed by atoms with Crippen LogP contribution < -0.4 is 15.5 Å². The van der Waals surface area contributed by atoms with E-state index in [9.17, 15) is 13.2 Å². The van der Waals surface area contributed by atoms with E-state index in [2.05, 4.69) is 21.9 Å². The summed E-state index contributed by atoms with van der Waals surface area (Å²) in [5, 5.41) is 7.19. The SMILES string of the molecule is CCNC(=NCc1ccc(N2CCOCC2)cc1C(F)(F)F)NC1CCC(SC)C1.I. The van der Waals surface area contributed by atoms with Gasteiger partial charge in [-0.1, -0.05) is 6.07 Å². The molecule has 1 saturated heterocycles. The minimum Gasteiger partial charge on any atom is -0.378 e. The van der Waals surface area contributed by atoms with E-state index in [4.69, 9.17) is 4.74 Å². The van der Waals surface area contributed by atoms with Gasteiger partial charge in [-0.25, -0.2) is 4.99 Å². The summed E-state index contributed by atoms with van der Waals surface area (Å²) < 4.78 is 46.6. The summed E-state index contributed by atoms with van der Waals surface area (Å²) in [4.78, 5) is 6.40. The molecule has 5 nitrogen and oxygen atoms in total. The van der Waals surface area contributed by atoms with Crippen LogP contribution in [0.15, 0.2) is 23.2 Å². The first-order valence-corrected chi connectivity index (χ1v) is 11.8. The smallest absolute Gasteiger partial charge is 0.378 e. The van der Waals surface area contributed by atoms with Crippen LogP contribution in [0.3, 0.4) is 0 Å². The van der Waals surface area contributed by atoms with Crippen molar-refractivity contribution in [1.82, 2.24) is 10.6 Å².